The average molecular weight is 207 g/mol. The van der Waals surface area contributed by atoms with E-state index in [1.807, 2.05) is 0 Å². The second-order valence-electron chi connectivity index (χ2n) is 2.12. The van der Waals surface area contributed by atoms with E-state index in [9.17, 15) is 10.1 Å². The Bertz CT molecular complexity index is 317. The number of rotatable bonds is 1. The molecule has 0 radical (unpaired) electrons. The highest BCUT2D eigenvalue weighted by atomic mass is 35.5. The molecule has 0 fully saturated rings. The average Bonchev–Trinajstić information content (AvgIpc) is 1.82. The van der Waals surface area contributed by atoms with Crippen LogP contribution in [0.25, 0.3) is 0 Å². The molecule has 0 aliphatic rings. The van der Waals surface area contributed by atoms with Crippen molar-refractivity contribution in [3.8, 4) is 0 Å². The van der Waals surface area contributed by atoms with Crippen molar-refractivity contribution in [1.82, 2.24) is 4.98 Å². The maximum absolute atomic E-state index is 10.4. The monoisotopic (exact) mass is 206 g/mol. The topological polar surface area (TPSA) is 56.0 Å². The van der Waals surface area contributed by atoms with E-state index in [0.29, 0.717) is 0 Å². The fourth-order valence-corrected chi connectivity index (χ4v) is 1.41. The Morgan fingerprint density at radius 2 is 2.17 bits per heavy atom. The fraction of sp³-hybridized carbons (Fsp3) is 0.167. The van der Waals surface area contributed by atoms with Gasteiger partial charge in [0, 0.05) is 6.07 Å². The summed E-state index contributed by atoms with van der Waals surface area (Å²) in [5.74, 6) is 0. The van der Waals surface area contributed by atoms with Gasteiger partial charge in [0.25, 0.3) is 0 Å². The van der Waals surface area contributed by atoms with Crippen molar-refractivity contribution in [2.45, 2.75) is 6.92 Å². The fourth-order valence-electron chi connectivity index (χ4n) is 0.811. The number of nitro groups is 1. The minimum absolute atomic E-state index is 0.0116. The van der Waals surface area contributed by atoms with Gasteiger partial charge in [0.2, 0.25) is 0 Å². The molecule has 12 heavy (non-hydrogen) atoms. The van der Waals surface area contributed by atoms with Gasteiger partial charge in [-0.25, -0.2) is 4.98 Å². The zero-order valence-corrected chi connectivity index (χ0v) is 7.56. The number of halogens is 2. The largest absolute Gasteiger partial charge is 0.308 e. The van der Waals surface area contributed by atoms with Crippen molar-refractivity contribution < 1.29 is 4.92 Å². The van der Waals surface area contributed by atoms with Crippen LogP contribution in [-0.2, 0) is 0 Å². The molecule has 1 rings (SSSR count). The molecule has 4 nitrogen and oxygen atoms in total. The minimum Gasteiger partial charge on any atom is -0.258 e. The molecule has 1 aromatic rings. The molecule has 0 aliphatic heterocycles. The van der Waals surface area contributed by atoms with Gasteiger partial charge < -0.3 is 0 Å². The van der Waals surface area contributed by atoms with Crippen molar-refractivity contribution in [2.75, 3.05) is 0 Å². The van der Waals surface area contributed by atoms with Gasteiger partial charge in [-0.3, -0.25) is 10.1 Å². The SMILES string of the molecule is Cc1nc(Cl)cc(Cl)c1[N+](=O)[O-]. The van der Waals surface area contributed by atoms with E-state index in [0.717, 1.165) is 0 Å². The van der Waals surface area contributed by atoms with Gasteiger partial charge in [-0.15, -0.1) is 0 Å². The van der Waals surface area contributed by atoms with Crippen LogP contribution in [0, 0.1) is 17.0 Å². The molecule has 6 heteroatoms. The molecular weight excluding hydrogens is 203 g/mol. The summed E-state index contributed by atoms with van der Waals surface area (Å²) in [7, 11) is 0. The van der Waals surface area contributed by atoms with Crippen molar-refractivity contribution in [1.29, 1.82) is 0 Å². The second kappa shape index (κ2) is 3.25. The first-order valence-electron chi connectivity index (χ1n) is 2.99. The lowest BCUT2D eigenvalue weighted by molar-refractivity contribution is -0.385. The van der Waals surface area contributed by atoms with Crippen LogP contribution in [-0.4, -0.2) is 9.91 Å². The third-order valence-corrected chi connectivity index (χ3v) is 1.75. The van der Waals surface area contributed by atoms with Crippen LogP contribution < -0.4 is 0 Å². The zero-order chi connectivity index (χ0) is 9.30. The Balaban J connectivity index is 3.38. The van der Waals surface area contributed by atoms with Crippen LogP contribution in [0.2, 0.25) is 10.2 Å². The third kappa shape index (κ3) is 1.65. The molecule has 0 unspecified atom stereocenters. The van der Waals surface area contributed by atoms with Gasteiger partial charge in [0.15, 0.2) is 0 Å². The van der Waals surface area contributed by atoms with E-state index in [-0.39, 0.29) is 21.6 Å². The summed E-state index contributed by atoms with van der Waals surface area (Å²) in [6.07, 6.45) is 0. The Kier molecular flexibility index (Phi) is 2.49. The maximum atomic E-state index is 10.4. The van der Waals surface area contributed by atoms with E-state index < -0.39 is 4.92 Å². The van der Waals surface area contributed by atoms with E-state index in [2.05, 4.69) is 4.98 Å². The lowest BCUT2D eigenvalue weighted by Crippen LogP contribution is -1.95. The second-order valence-corrected chi connectivity index (χ2v) is 2.91. The van der Waals surface area contributed by atoms with E-state index in [1.54, 1.807) is 0 Å². The lowest BCUT2D eigenvalue weighted by atomic mass is 10.3. The summed E-state index contributed by atoms with van der Waals surface area (Å²) in [6.45, 7) is 1.48. The first kappa shape index (κ1) is 9.22. The van der Waals surface area contributed by atoms with Crippen molar-refractivity contribution in [3.05, 3.63) is 32.1 Å². The minimum atomic E-state index is -0.582. The summed E-state index contributed by atoms with van der Waals surface area (Å²) in [5, 5.41) is 10.6. The predicted molar refractivity (Wildman–Crippen MR) is 45.6 cm³/mol. The number of hydrogen-bond acceptors (Lipinski definition) is 3. The summed E-state index contributed by atoms with van der Waals surface area (Å²) >= 11 is 11.1. The van der Waals surface area contributed by atoms with Crippen LogP contribution in [0.3, 0.4) is 0 Å². The normalized spacial score (nSPS) is 9.92. The van der Waals surface area contributed by atoms with Crippen molar-refractivity contribution in [3.63, 3.8) is 0 Å². The molecule has 0 aliphatic carbocycles. The van der Waals surface area contributed by atoms with Crippen LogP contribution in [0.5, 0.6) is 0 Å². The first-order valence-corrected chi connectivity index (χ1v) is 3.75. The number of nitrogens with zero attached hydrogens (tertiary/aromatic N) is 2. The van der Waals surface area contributed by atoms with Gasteiger partial charge in [-0.1, -0.05) is 23.2 Å². The van der Waals surface area contributed by atoms with Crippen molar-refractivity contribution >= 4 is 28.9 Å². The summed E-state index contributed by atoms with van der Waals surface area (Å²) < 4.78 is 0. The highest BCUT2D eigenvalue weighted by Gasteiger charge is 2.17. The highest BCUT2D eigenvalue weighted by Crippen LogP contribution is 2.28. The first-order chi connectivity index (χ1) is 5.52. The molecule has 0 N–H and O–H groups in total. The quantitative estimate of drug-likeness (QED) is 0.404. The molecule has 0 aromatic carbocycles. The summed E-state index contributed by atoms with van der Waals surface area (Å²) in [5.41, 5.74) is 0.0265. The van der Waals surface area contributed by atoms with Crippen LogP contribution >= 0.6 is 23.2 Å². The molecule has 1 aromatic heterocycles. The van der Waals surface area contributed by atoms with Crippen LogP contribution in [0.1, 0.15) is 5.69 Å². The standard InChI is InChI=1S/C6H4Cl2N2O2/c1-3-6(10(11)12)4(7)2-5(8)9-3/h2H,1H3. The molecule has 0 amide bonds. The Morgan fingerprint density at radius 3 is 2.58 bits per heavy atom. The third-order valence-electron chi connectivity index (χ3n) is 1.27. The number of aromatic nitrogens is 1. The summed E-state index contributed by atoms with van der Waals surface area (Å²) in [4.78, 5) is 13.5. The Labute approximate surface area is 78.3 Å². The predicted octanol–water partition coefficient (Wildman–Crippen LogP) is 2.61. The molecule has 0 saturated heterocycles. The molecule has 0 saturated carbocycles. The number of hydrogen-bond donors (Lipinski definition) is 0. The van der Waals surface area contributed by atoms with Crippen LogP contribution in [0.4, 0.5) is 5.69 Å². The van der Waals surface area contributed by atoms with Crippen molar-refractivity contribution in [2.24, 2.45) is 0 Å². The van der Waals surface area contributed by atoms with Gasteiger partial charge in [-0.05, 0) is 6.92 Å². The van der Waals surface area contributed by atoms with Gasteiger partial charge >= 0.3 is 5.69 Å². The molecule has 0 spiro atoms. The highest BCUT2D eigenvalue weighted by molar-refractivity contribution is 6.35. The molecule has 1 heterocycles. The zero-order valence-electron chi connectivity index (χ0n) is 6.04. The lowest BCUT2D eigenvalue weighted by Gasteiger charge is -1.98. The van der Waals surface area contributed by atoms with Gasteiger partial charge in [0.1, 0.15) is 15.9 Å². The van der Waals surface area contributed by atoms with Gasteiger partial charge in [0.05, 0.1) is 4.92 Å². The van der Waals surface area contributed by atoms with Crippen LogP contribution in [0.15, 0.2) is 6.07 Å². The molecule has 0 atom stereocenters. The maximum Gasteiger partial charge on any atom is 0.308 e. The van der Waals surface area contributed by atoms with E-state index >= 15 is 0 Å². The summed E-state index contributed by atoms with van der Waals surface area (Å²) in [6, 6.07) is 1.24. The number of pyridine rings is 1. The van der Waals surface area contributed by atoms with Gasteiger partial charge in [-0.2, -0.15) is 0 Å². The number of aryl methyl sites for hydroxylation is 1. The Morgan fingerprint density at radius 1 is 1.58 bits per heavy atom. The molecule has 0 bridgehead atoms. The van der Waals surface area contributed by atoms with E-state index in [4.69, 9.17) is 23.2 Å². The smallest absolute Gasteiger partial charge is 0.258 e. The van der Waals surface area contributed by atoms with E-state index in [1.165, 1.54) is 13.0 Å². The molecule has 64 valence electrons. The molecular formula is C6H4Cl2N2O2. The Hall–Kier alpha value is -0.870.